The van der Waals surface area contributed by atoms with E-state index in [-0.39, 0.29) is 23.8 Å². The molecule has 4 unspecified atom stereocenters. The van der Waals surface area contributed by atoms with Crippen LogP contribution in [-0.2, 0) is 4.79 Å². The Balaban J connectivity index is 1.69. The Morgan fingerprint density at radius 2 is 1.95 bits per heavy atom. The van der Waals surface area contributed by atoms with Gasteiger partial charge in [0, 0.05) is 35.1 Å². The van der Waals surface area contributed by atoms with Gasteiger partial charge in [0.1, 0.15) is 0 Å². The van der Waals surface area contributed by atoms with Gasteiger partial charge in [0.2, 0.25) is 5.91 Å². The van der Waals surface area contributed by atoms with Gasteiger partial charge < -0.3 is 10.6 Å². The molecule has 5 heteroatoms. The lowest BCUT2D eigenvalue weighted by atomic mass is 9.92. The van der Waals surface area contributed by atoms with E-state index < -0.39 is 0 Å². The molecule has 1 amide bonds. The van der Waals surface area contributed by atoms with Crippen LogP contribution in [-0.4, -0.2) is 29.9 Å². The second-order valence-electron chi connectivity index (χ2n) is 6.70. The minimum atomic E-state index is 0.0667. The van der Waals surface area contributed by atoms with Crippen LogP contribution in [0, 0.1) is 11.8 Å². The van der Waals surface area contributed by atoms with Crippen LogP contribution in [0.1, 0.15) is 37.7 Å². The number of nitrogens with two attached hydrogens (primary N) is 1. The zero-order valence-electron chi connectivity index (χ0n) is 12.8. The maximum Gasteiger partial charge on any atom is 0.226 e. The van der Waals surface area contributed by atoms with Crippen molar-refractivity contribution in [3.8, 4) is 0 Å². The van der Waals surface area contributed by atoms with Crippen LogP contribution < -0.4 is 5.73 Å². The second-order valence-corrected chi connectivity index (χ2v) is 7.58. The quantitative estimate of drug-likeness (QED) is 0.912. The zero-order chi connectivity index (χ0) is 15.9. The molecule has 1 saturated heterocycles. The first-order valence-corrected chi connectivity index (χ1v) is 8.71. The van der Waals surface area contributed by atoms with Crippen LogP contribution in [0.15, 0.2) is 18.2 Å². The van der Waals surface area contributed by atoms with Crippen molar-refractivity contribution < 1.29 is 4.79 Å². The summed E-state index contributed by atoms with van der Waals surface area (Å²) >= 11 is 12.1. The molecule has 2 fully saturated rings. The van der Waals surface area contributed by atoms with Crippen LogP contribution in [0.4, 0.5) is 0 Å². The number of rotatable bonds is 3. The average molecular weight is 341 g/mol. The summed E-state index contributed by atoms with van der Waals surface area (Å²) in [5.74, 6) is 1.22. The fourth-order valence-electron chi connectivity index (χ4n) is 3.60. The van der Waals surface area contributed by atoms with Crippen LogP contribution in [0.2, 0.25) is 10.0 Å². The molecule has 1 aliphatic carbocycles. The Hall–Kier alpha value is -0.770. The van der Waals surface area contributed by atoms with Crippen molar-refractivity contribution in [2.45, 2.75) is 38.1 Å². The predicted molar refractivity (Wildman–Crippen MR) is 90.3 cm³/mol. The predicted octanol–water partition coefficient (Wildman–Crippen LogP) is 3.68. The highest BCUT2D eigenvalue weighted by atomic mass is 35.5. The van der Waals surface area contributed by atoms with E-state index in [1.54, 1.807) is 6.07 Å². The number of amides is 1. The number of benzene rings is 1. The van der Waals surface area contributed by atoms with Crippen LogP contribution in [0.5, 0.6) is 0 Å². The third-order valence-electron chi connectivity index (χ3n) is 4.95. The third kappa shape index (κ3) is 3.27. The average Bonchev–Trinajstić information content (AvgIpc) is 3.26. The molecule has 2 N–H and O–H groups in total. The summed E-state index contributed by atoms with van der Waals surface area (Å²) in [6.45, 7) is 3.62. The first-order chi connectivity index (χ1) is 10.5. The standard InChI is InChI=1S/C17H22Cl2N2O/c1-10-2-3-21(14(4-10)9-20)17(22)16-8-15(16)11-5-12(18)7-13(19)6-11/h5-7,10,14-16H,2-4,8-9,20H2,1H3. The van der Waals surface area contributed by atoms with E-state index in [9.17, 15) is 4.79 Å². The number of nitrogens with zero attached hydrogens (tertiary/aromatic N) is 1. The Bertz CT molecular complexity index is 558. The first-order valence-electron chi connectivity index (χ1n) is 7.96. The molecule has 22 heavy (non-hydrogen) atoms. The molecule has 3 nitrogen and oxygen atoms in total. The molecule has 1 aliphatic heterocycles. The molecule has 0 spiro atoms. The van der Waals surface area contributed by atoms with E-state index in [1.807, 2.05) is 17.0 Å². The molecule has 1 aromatic carbocycles. The van der Waals surface area contributed by atoms with Crippen LogP contribution in [0.3, 0.4) is 0 Å². The molecule has 1 saturated carbocycles. The highest BCUT2D eigenvalue weighted by molar-refractivity contribution is 6.34. The van der Waals surface area contributed by atoms with Crippen molar-refractivity contribution in [2.24, 2.45) is 17.6 Å². The number of hydrogen-bond acceptors (Lipinski definition) is 2. The number of likely N-dealkylation sites (tertiary alicyclic amines) is 1. The van der Waals surface area contributed by atoms with Gasteiger partial charge in [-0.3, -0.25) is 4.79 Å². The molecule has 2 aliphatic rings. The fourth-order valence-corrected chi connectivity index (χ4v) is 4.15. The fraction of sp³-hybridized carbons (Fsp3) is 0.588. The molecule has 4 atom stereocenters. The van der Waals surface area contributed by atoms with Crippen molar-refractivity contribution in [1.29, 1.82) is 0 Å². The molecule has 120 valence electrons. The summed E-state index contributed by atoms with van der Waals surface area (Å²) in [6.07, 6.45) is 2.98. The van der Waals surface area contributed by atoms with E-state index in [2.05, 4.69) is 6.92 Å². The molecular weight excluding hydrogens is 319 g/mol. The lowest BCUT2D eigenvalue weighted by Gasteiger charge is -2.38. The Morgan fingerprint density at radius 1 is 1.27 bits per heavy atom. The second kappa shape index (κ2) is 6.38. The van der Waals surface area contributed by atoms with Gasteiger partial charge in [-0.1, -0.05) is 30.1 Å². The van der Waals surface area contributed by atoms with Gasteiger partial charge in [-0.15, -0.1) is 0 Å². The number of halogens is 2. The van der Waals surface area contributed by atoms with Crippen LogP contribution in [0.25, 0.3) is 0 Å². The van der Waals surface area contributed by atoms with Crippen molar-refractivity contribution in [3.05, 3.63) is 33.8 Å². The first kappa shape index (κ1) is 16.1. The number of piperidine rings is 1. The van der Waals surface area contributed by atoms with Gasteiger partial charge in [0.25, 0.3) is 0 Å². The smallest absolute Gasteiger partial charge is 0.226 e. The summed E-state index contributed by atoms with van der Waals surface area (Å²) in [6, 6.07) is 5.76. The SMILES string of the molecule is CC1CCN(C(=O)C2CC2c2cc(Cl)cc(Cl)c2)C(CN)C1. The minimum absolute atomic E-state index is 0.0667. The summed E-state index contributed by atoms with van der Waals surface area (Å²) in [4.78, 5) is 14.8. The normalized spacial score (nSPS) is 31.2. The molecular formula is C17H22Cl2N2O. The zero-order valence-corrected chi connectivity index (χ0v) is 14.3. The topological polar surface area (TPSA) is 46.3 Å². The number of carbonyl (C=O) groups is 1. The summed E-state index contributed by atoms with van der Waals surface area (Å²) in [5, 5.41) is 1.26. The van der Waals surface area contributed by atoms with Gasteiger partial charge >= 0.3 is 0 Å². The van der Waals surface area contributed by atoms with E-state index in [1.165, 1.54) is 0 Å². The third-order valence-corrected chi connectivity index (χ3v) is 5.39. The van der Waals surface area contributed by atoms with Crippen molar-refractivity contribution >= 4 is 29.1 Å². The van der Waals surface area contributed by atoms with Crippen LogP contribution >= 0.6 is 23.2 Å². The monoisotopic (exact) mass is 340 g/mol. The minimum Gasteiger partial charge on any atom is -0.338 e. The molecule has 1 aromatic rings. The summed E-state index contributed by atoms with van der Waals surface area (Å²) in [7, 11) is 0. The van der Waals surface area contributed by atoms with Gasteiger partial charge in [0.05, 0.1) is 0 Å². The Labute approximate surface area is 141 Å². The van der Waals surface area contributed by atoms with E-state index in [4.69, 9.17) is 28.9 Å². The Kier molecular flexibility index (Phi) is 4.67. The highest BCUT2D eigenvalue weighted by Gasteiger charge is 2.47. The van der Waals surface area contributed by atoms with Gasteiger partial charge in [0.15, 0.2) is 0 Å². The lowest BCUT2D eigenvalue weighted by Crippen LogP contribution is -2.49. The van der Waals surface area contributed by atoms with Crippen molar-refractivity contribution in [3.63, 3.8) is 0 Å². The number of carbonyl (C=O) groups excluding carboxylic acids is 1. The molecule has 0 bridgehead atoms. The van der Waals surface area contributed by atoms with Gasteiger partial charge in [-0.05, 0) is 54.9 Å². The maximum absolute atomic E-state index is 12.8. The number of hydrogen-bond donors (Lipinski definition) is 1. The molecule has 3 rings (SSSR count). The highest BCUT2D eigenvalue weighted by Crippen LogP contribution is 2.50. The van der Waals surface area contributed by atoms with E-state index >= 15 is 0 Å². The Morgan fingerprint density at radius 3 is 2.59 bits per heavy atom. The van der Waals surface area contributed by atoms with Gasteiger partial charge in [-0.25, -0.2) is 0 Å². The maximum atomic E-state index is 12.8. The lowest BCUT2D eigenvalue weighted by molar-refractivity contribution is -0.136. The van der Waals surface area contributed by atoms with E-state index in [0.29, 0.717) is 22.5 Å². The summed E-state index contributed by atoms with van der Waals surface area (Å²) < 4.78 is 0. The van der Waals surface area contributed by atoms with Gasteiger partial charge in [-0.2, -0.15) is 0 Å². The molecule has 1 heterocycles. The summed E-state index contributed by atoms with van der Waals surface area (Å²) in [5.41, 5.74) is 6.95. The molecule has 0 radical (unpaired) electrons. The largest absolute Gasteiger partial charge is 0.338 e. The van der Waals surface area contributed by atoms with Crippen molar-refractivity contribution in [2.75, 3.05) is 13.1 Å². The molecule has 0 aromatic heterocycles. The van der Waals surface area contributed by atoms with Crippen molar-refractivity contribution in [1.82, 2.24) is 4.90 Å². The van der Waals surface area contributed by atoms with E-state index in [0.717, 1.165) is 31.4 Å².